The second-order valence-corrected chi connectivity index (χ2v) is 4.53. The van der Waals surface area contributed by atoms with E-state index in [0.717, 1.165) is 25.0 Å². The Balaban J connectivity index is 1.80. The summed E-state index contributed by atoms with van der Waals surface area (Å²) in [4.78, 5) is 0. The summed E-state index contributed by atoms with van der Waals surface area (Å²) < 4.78 is 11.1. The fourth-order valence-electron chi connectivity index (χ4n) is 2.05. The highest BCUT2D eigenvalue weighted by Gasteiger charge is 2.20. The molecule has 0 spiro atoms. The largest absolute Gasteiger partial charge is 0.386 e. The Morgan fingerprint density at radius 2 is 2.18 bits per heavy atom. The number of ether oxygens (including phenoxy) is 2. The third-order valence-electron chi connectivity index (χ3n) is 3.15. The second kappa shape index (κ2) is 6.15. The molecule has 1 fully saturated rings. The molecule has 17 heavy (non-hydrogen) atoms. The van der Waals surface area contributed by atoms with E-state index in [1.54, 1.807) is 0 Å². The van der Waals surface area contributed by atoms with Gasteiger partial charge in [-0.15, -0.1) is 0 Å². The summed E-state index contributed by atoms with van der Waals surface area (Å²) >= 11 is 0. The minimum atomic E-state index is -0.572. The number of rotatable bonds is 5. The molecular weight excluding hydrogens is 216 g/mol. The molecule has 0 amide bonds. The molecule has 1 aliphatic heterocycles. The van der Waals surface area contributed by atoms with Gasteiger partial charge >= 0.3 is 0 Å². The summed E-state index contributed by atoms with van der Waals surface area (Å²) in [5.74, 6) is 0. The van der Waals surface area contributed by atoms with Gasteiger partial charge in [0.05, 0.1) is 18.8 Å². The van der Waals surface area contributed by atoms with Crippen LogP contribution in [-0.4, -0.2) is 30.5 Å². The van der Waals surface area contributed by atoms with Crippen LogP contribution in [0.25, 0.3) is 0 Å². The van der Waals surface area contributed by atoms with E-state index in [1.165, 1.54) is 0 Å². The first-order valence-corrected chi connectivity index (χ1v) is 6.23. The average molecular weight is 236 g/mol. The van der Waals surface area contributed by atoms with Crippen LogP contribution >= 0.6 is 0 Å². The van der Waals surface area contributed by atoms with Gasteiger partial charge in [-0.25, -0.2) is 0 Å². The Kier molecular flexibility index (Phi) is 4.54. The lowest BCUT2D eigenvalue weighted by Gasteiger charge is -2.21. The predicted molar refractivity (Wildman–Crippen MR) is 65.8 cm³/mol. The van der Waals surface area contributed by atoms with Crippen molar-refractivity contribution >= 4 is 0 Å². The molecule has 3 heteroatoms. The molecule has 0 radical (unpaired) electrons. The highest BCUT2D eigenvalue weighted by Crippen LogP contribution is 2.20. The molecule has 1 saturated heterocycles. The average Bonchev–Trinajstić information content (AvgIpc) is 2.89. The van der Waals surface area contributed by atoms with Gasteiger partial charge in [0.15, 0.2) is 0 Å². The topological polar surface area (TPSA) is 38.7 Å². The molecule has 3 atom stereocenters. The van der Waals surface area contributed by atoms with E-state index in [0.29, 0.717) is 6.61 Å². The molecule has 3 nitrogen and oxygen atoms in total. The van der Waals surface area contributed by atoms with Crippen molar-refractivity contribution in [3.8, 4) is 0 Å². The molecule has 0 bridgehead atoms. The molecule has 0 aliphatic carbocycles. The van der Waals surface area contributed by atoms with Crippen LogP contribution in [0, 0.1) is 0 Å². The van der Waals surface area contributed by atoms with Crippen LogP contribution < -0.4 is 0 Å². The number of benzene rings is 1. The van der Waals surface area contributed by atoms with Crippen LogP contribution in [0.5, 0.6) is 0 Å². The van der Waals surface area contributed by atoms with Gasteiger partial charge in [-0.1, -0.05) is 30.3 Å². The van der Waals surface area contributed by atoms with Crippen LogP contribution in [0.1, 0.15) is 31.4 Å². The van der Waals surface area contributed by atoms with Crippen LogP contribution in [0.15, 0.2) is 30.3 Å². The van der Waals surface area contributed by atoms with Crippen molar-refractivity contribution in [2.24, 2.45) is 0 Å². The summed E-state index contributed by atoms with van der Waals surface area (Å²) in [7, 11) is 0. The van der Waals surface area contributed by atoms with E-state index in [1.807, 2.05) is 37.3 Å². The lowest BCUT2D eigenvalue weighted by atomic mass is 10.1. The zero-order chi connectivity index (χ0) is 12.1. The Morgan fingerprint density at radius 3 is 2.82 bits per heavy atom. The maximum Gasteiger partial charge on any atom is 0.105 e. The maximum atomic E-state index is 10.1. The minimum Gasteiger partial charge on any atom is -0.386 e. The molecule has 2 rings (SSSR count). The minimum absolute atomic E-state index is 0.207. The molecule has 1 N–H and O–H groups in total. The van der Waals surface area contributed by atoms with Crippen molar-refractivity contribution < 1.29 is 14.6 Å². The maximum absolute atomic E-state index is 10.1. The third-order valence-corrected chi connectivity index (χ3v) is 3.15. The third kappa shape index (κ3) is 3.53. The van der Waals surface area contributed by atoms with E-state index in [9.17, 15) is 5.11 Å². The lowest BCUT2D eigenvalue weighted by molar-refractivity contribution is -0.0635. The Morgan fingerprint density at radius 1 is 1.41 bits per heavy atom. The fraction of sp³-hybridized carbons (Fsp3) is 0.571. The molecule has 1 aromatic rings. The zero-order valence-corrected chi connectivity index (χ0v) is 10.2. The van der Waals surface area contributed by atoms with Gasteiger partial charge in [0.1, 0.15) is 6.10 Å². The smallest absolute Gasteiger partial charge is 0.105 e. The van der Waals surface area contributed by atoms with E-state index in [4.69, 9.17) is 9.47 Å². The molecular formula is C14H20O3. The van der Waals surface area contributed by atoms with Crippen molar-refractivity contribution in [2.75, 3.05) is 13.2 Å². The van der Waals surface area contributed by atoms with E-state index < -0.39 is 6.10 Å². The number of aliphatic hydroxyl groups is 1. The molecule has 0 aromatic heterocycles. The van der Waals surface area contributed by atoms with E-state index in [-0.39, 0.29) is 12.2 Å². The van der Waals surface area contributed by atoms with Crippen molar-refractivity contribution in [1.82, 2.24) is 0 Å². The Labute approximate surface area is 102 Å². The van der Waals surface area contributed by atoms with E-state index >= 15 is 0 Å². The van der Waals surface area contributed by atoms with Crippen molar-refractivity contribution in [3.63, 3.8) is 0 Å². The lowest BCUT2D eigenvalue weighted by Crippen LogP contribution is -2.24. The summed E-state index contributed by atoms with van der Waals surface area (Å²) in [6.45, 7) is 3.31. The number of aliphatic hydroxyl groups excluding tert-OH is 1. The Hall–Kier alpha value is -0.900. The van der Waals surface area contributed by atoms with Gasteiger partial charge in [0.2, 0.25) is 0 Å². The van der Waals surface area contributed by atoms with E-state index in [2.05, 4.69) is 0 Å². The van der Waals surface area contributed by atoms with Crippen molar-refractivity contribution in [3.05, 3.63) is 35.9 Å². The SMILES string of the molecule is CC(OCC1CCCO1)C(O)c1ccccc1. The molecule has 1 heterocycles. The van der Waals surface area contributed by atoms with Crippen LogP contribution in [-0.2, 0) is 9.47 Å². The first kappa shape index (κ1) is 12.6. The first-order valence-electron chi connectivity index (χ1n) is 6.23. The van der Waals surface area contributed by atoms with Crippen molar-refractivity contribution in [2.45, 2.75) is 38.1 Å². The Bertz CT molecular complexity index is 319. The summed E-state index contributed by atoms with van der Waals surface area (Å²) in [5.41, 5.74) is 0.896. The number of hydrogen-bond acceptors (Lipinski definition) is 3. The fourth-order valence-corrected chi connectivity index (χ4v) is 2.05. The zero-order valence-electron chi connectivity index (χ0n) is 10.2. The quantitative estimate of drug-likeness (QED) is 0.852. The highest BCUT2D eigenvalue weighted by molar-refractivity contribution is 5.18. The van der Waals surface area contributed by atoms with Crippen LogP contribution in [0.2, 0.25) is 0 Å². The summed E-state index contributed by atoms with van der Waals surface area (Å²) in [5, 5.41) is 10.1. The summed E-state index contributed by atoms with van der Waals surface area (Å²) in [6, 6.07) is 9.61. The van der Waals surface area contributed by atoms with Gasteiger partial charge in [-0.05, 0) is 25.3 Å². The number of hydrogen-bond donors (Lipinski definition) is 1. The van der Waals surface area contributed by atoms with Gasteiger partial charge in [-0.2, -0.15) is 0 Å². The molecule has 0 saturated carbocycles. The predicted octanol–water partition coefficient (Wildman–Crippen LogP) is 2.30. The molecule has 1 aliphatic rings. The van der Waals surface area contributed by atoms with Crippen LogP contribution in [0.4, 0.5) is 0 Å². The highest BCUT2D eigenvalue weighted by atomic mass is 16.5. The second-order valence-electron chi connectivity index (χ2n) is 4.53. The standard InChI is InChI=1S/C14H20O3/c1-11(17-10-13-8-5-9-16-13)14(15)12-6-3-2-4-7-12/h2-4,6-7,11,13-15H,5,8-10H2,1H3. The van der Waals surface area contributed by atoms with Gasteiger partial charge < -0.3 is 14.6 Å². The first-order chi connectivity index (χ1) is 8.27. The summed E-state index contributed by atoms with van der Waals surface area (Å²) in [6.07, 6.45) is 1.61. The molecule has 3 unspecified atom stereocenters. The van der Waals surface area contributed by atoms with Gasteiger partial charge in [-0.3, -0.25) is 0 Å². The van der Waals surface area contributed by atoms with Crippen LogP contribution in [0.3, 0.4) is 0 Å². The van der Waals surface area contributed by atoms with Crippen molar-refractivity contribution in [1.29, 1.82) is 0 Å². The monoisotopic (exact) mass is 236 g/mol. The van der Waals surface area contributed by atoms with Gasteiger partial charge in [0.25, 0.3) is 0 Å². The molecule has 94 valence electrons. The normalized spacial score (nSPS) is 23.5. The molecule has 1 aromatic carbocycles. The van der Waals surface area contributed by atoms with Gasteiger partial charge in [0, 0.05) is 6.61 Å².